The molecular formula is C30H32BN7. The van der Waals surface area contributed by atoms with Crippen molar-refractivity contribution in [2.45, 2.75) is 44.7 Å². The van der Waals surface area contributed by atoms with Crippen LogP contribution in [0.4, 0.5) is 0 Å². The number of hydrogen-bond donors (Lipinski definition) is 3. The molecule has 5 aromatic rings. The zero-order chi connectivity index (χ0) is 25.8. The number of nitrogens with one attached hydrogen (secondary N) is 3. The molecule has 0 unspecified atom stereocenters. The van der Waals surface area contributed by atoms with Gasteiger partial charge in [-0.05, 0) is 75.5 Å². The van der Waals surface area contributed by atoms with Gasteiger partial charge in [0.2, 0.25) is 0 Å². The minimum Gasteiger partial charge on any atom is -0.358 e. The van der Waals surface area contributed by atoms with Crippen LogP contribution in [0.15, 0.2) is 54.9 Å². The van der Waals surface area contributed by atoms with E-state index in [1.807, 2.05) is 17.2 Å². The molecule has 2 radical (unpaired) electrons. The lowest BCUT2D eigenvalue weighted by atomic mass is 9.97. The summed E-state index contributed by atoms with van der Waals surface area (Å²) >= 11 is 0. The normalized spacial score (nSPS) is 20.7. The summed E-state index contributed by atoms with van der Waals surface area (Å²) in [5.74, 6) is 2.01. The zero-order valence-corrected chi connectivity index (χ0v) is 22.0. The molecule has 0 saturated carbocycles. The van der Waals surface area contributed by atoms with Gasteiger partial charge in [-0.15, -0.1) is 0 Å². The number of H-pyrrole nitrogens is 3. The molecule has 7 nitrogen and oxygen atoms in total. The molecule has 2 aromatic carbocycles. The van der Waals surface area contributed by atoms with Crippen LogP contribution >= 0.6 is 0 Å². The van der Waals surface area contributed by atoms with Crippen LogP contribution < -0.4 is 0 Å². The van der Waals surface area contributed by atoms with Gasteiger partial charge in [-0.2, -0.15) is 0 Å². The van der Waals surface area contributed by atoms with Crippen LogP contribution in [0.3, 0.4) is 0 Å². The van der Waals surface area contributed by atoms with Gasteiger partial charge in [0.25, 0.3) is 0 Å². The lowest BCUT2D eigenvalue weighted by Crippen LogP contribution is -2.20. The van der Waals surface area contributed by atoms with Gasteiger partial charge in [0.05, 0.1) is 41.4 Å². The van der Waals surface area contributed by atoms with Gasteiger partial charge in [0.1, 0.15) is 11.6 Å². The molecule has 2 atom stereocenters. The third-order valence-electron chi connectivity index (χ3n) is 8.36. The number of rotatable bonds is 5. The second-order valence-electron chi connectivity index (χ2n) is 10.9. The van der Waals surface area contributed by atoms with E-state index >= 15 is 0 Å². The molecule has 0 amide bonds. The van der Waals surface area contributed by atoms with Crippen molar-refractivity contribution < 1.29 is 0 Å². The van der Waals surface area contributed by atoms with E-state index in [0.717, 1.165) is 77.7 Å². The Bertz CT molecular complexity index is 1590. The number of hydrogen-bond acceptors (Lipinski definition) is 4. The summed E-state index contributed by atoms with van der Waals surface area (Å²) in [5.41, 5.74) is 9.03. The van der Waals surface area contributed by atoms with E-state index in [1.165, 1.54) is 22.9 Å². The molecule has 3 N–H and O–H groups in total. The quantitative estimate of drug-likeness (QED) is 0.262. The highest BCUT2D eigenvalue weighted by molar-refractivity contribution is 6.05. The molecule has 2 fully saturated rings. The first-order valence-electron chi connectivity index (χ1n) is 13.6. The molecule has 2 aliphatic rings. The summed E-state index contributed by atoms with van der Waals surface area (Å²) in [6.07, 6.45) is 8.43. The van der Waals surface area contributed by atoms with Crippen molar-refractivity contribution in [3.05, 3.63) is 72.2 Å². The largest absolute Gasteiger partial charge is 0.358 e. The fraction of sp³-hybridized carbons (Fsp3) is 0.333. The van der Waals surface area contributed by atoms with Crippen LogP contribution in [-0.4, -0.2) is 62.7 Å². The Morgan fingerprint density at radius 3 is 2.18 bits per heavy atom. The Labute approximate surface area is 224 Å². The molecule has 8 heteroatoms. The van der Waals surface area contributed by atoms with Gasteiger partial charge in [-0.1, -0.05) is 36.4 Å². The Morgan fingerprint density at radius 1 is 0.789 bits per heavy atom. The van der Waals surface area contributed by atoms with E-state index in [2.05, 4.69) is 81.3 Å². The van der Waals surface area contributed by atoms with Crippen molar-refractivity contribution in [2.24, 2.45) is 0 Å². The number of benzene rings is 2. The number of aromatic nitrogens is 5. The van der Waals surface area contributed by atoms with Crippen LogP contribution in [0.25, 0.3) is 44.5 Å². The third kappa shape index (κ3) is 3.99. The van der Waals surface area contributed by atoms with Gasteiger partial charge < -0.3 is 19.8 Å². The Balaban J connectivity index is 1.19. The van der Waals surface area contributed by atoms with E-state index in [0.29, 0.717) is 6.04 Å². The Kier molecular flexibility index (Phi) is 5.75. The number of imidazole rings is 2. The first kappa shape index (κ1) is 23.5. The monoisotopic (exact) mass is 501 g/mol. The van der Waals surface area contributed by atoms with Crippen LogP contribution in [0.5, 0.6) is 0 Å². The average Bonchev–Trinajstić information content (AvgIpc) is 3.73. The number of fused-ring (bicyclic) bond motifs is 1. The molecule has 38 heavy (non-hydrogen) atoms. The third-order valence-corrected chi connectivity index (χ3v) is 8.36. The highest BCUT2D eigenvalue weighted by Gasteiger charge is 2.26. The smallest absolute Gasteiger partial charge is 0.183 e. The van der Waals surface area contributed by atoms with Crippen molar-refractivity contribution in [1.29, 1.82) is 0 Å². The van der Waals surface area contributed by atoms with Gasteiger partial charge in [-0.25, -0.2) is 9.97 Å². The Morgan fingerprint density at radius 2 is 1.45 bits per heavy atom. The van der Waals surface area contributed by atoms with Gasteiger partial charge in [0, 0.05) is 16.6 Å². The van der Waals surface area contributed by atoms with E-state index in [1.54, 1.807) is 0 Å². The molecule has 190 valence electrons. The van der Waals surface area contributed by atoms with Crippen LogP contribution in [0, 0.1) is 6.92 Å². The molecular weight excluding hydrogens is 469 g/mol. The zero-order valence-electron chi connectivity index (χ0n) is 22.0. The van der Waals surface area contributed by atoms with Crippen molar-refractivity contribution in [3.8, 4) is 33.6 Å². The van der Waals surface area contributed by atoms with Crippen LogP contribution in [0.2, 0.25) is 0 Å². The lowest BCUT2D eigenvalue weighted by molar-refractivity contribution is 0.307. The second kappa shape index (κ2) is 9.29. The van der Waals surface area contributed by atoms with E-state index < -0.39 is 0 Å². The van der Waals surface area contributed by atoms with Crippen LogP contribution in [0.1, 0.15) is 55.1 Å². The summed E-state index contributed by atoms with van der Waals surface area (Å²) in [6, 6.07) is 16.0. The number of aromatic amines is 3. The molecule has 0 spiro atoms. The fourth-order valence-electron chi connectivity index (χ4n) is 6.29. The minimum absolute atomic E-state index is 0.177. The van der Waals surface area contributed by atoms with Crippen molar-refractivity contribution in [1.82, 2.24) is 34.6 Å². The average molecular weight is 501 g/mol. The van der Waals surface area contributed by atoms with Crippen molar-refractivity contribution >= 4 is 18.9 Å². The highest BCUT2D eigenvalue weighted by Crippen LogP contribution is 2.37. The van der Waals surface area contributed by atoms with Gasteiger partial charge in [-0.3, -0.25) is 4.90 Å². The maximum absolute atomic E-state index is 6.14. The lowest BCUT2D eigenvalue weighted by Gasteiger charge is -2.17. The fourth-order valence-corrected chi connectivity index (χ4v) is 6.29. The number of aryl methyl sites for hydroxylation is 1. The number of likely N-dealkylation sites (tertiary alicyclic amines) is 1. The molecule has 2 aliphatic heterocycles. The summed E-state index contributed by atoms with van der Waals surface area (Å²) in [7, 11) is 8.32. The van der Waals surface area contributed by atoms with E-state index in [4.69, 9.17) is 13.0 Å². The molecule has 7 rings (SSSR count). The minimum atomic E-state index is 0.177. The molecule has 0 aliphatic carbocycles. The topological polar surface area (TPSA) is 79.6 Å². The molecule has 5 heterocycles. The molecule has 0 bridgehead atoms. The predicted octanol–water partition coefficient (Wildman–Crippen LogP) is 5.91. The van der Waals surface area contributed by atoms with Crippen molar-refractivity contribution in [2.75, 3.05) is 20.1 Å². The maximum atomic E-state index is 6.14. The summed E-state index contributed by atoms with van der Waals surface area (Å²) in [5, 5.41) is 1.22. The van der Waals surface area contributed by atoms with E-state index in [-0.39, 0.29) is 6.04 Å². The summed E-state index contributed by atoms with van der Waals surface area (Å²) < 4.78 is 0. The van der Waals surface area contributed by atoms with Crippen LogP contribution in [-0.2, 0) is 0 Å². The highest BCUT2D eigenvalue weighted by atomic mass is 15.2. The first-order chi connectivity index (χ1) is 18.5. The van der Waals surface area contributed by atoms with Gasteiger partial charge >= 0.3 is 0 Å². The number of nitrogens with zero attached hydrogens (tertiary/aromatic N) is 4. The van der Waals surface area contributed by atoms with Crippen molar-refractivity contribution in [3.63, 3.8) is 0 Å². The maximum Gasteiger partial charge on any atom is 0.183 e. The standard InChI is InChI=1S/C30H32BN7/c1-18-15-23-21(11-12-22(28(23)34-18)25-17-33-29(36-25)26-5-3-13-37(26)2)19-7-9-20(10-8-19)24-16-32-30(35-24)27-6-4-14-38(27)31/h7-12,15-17,26-27,34H,3-6,13-14H2,1-2H3,(H,32,35)(H,33,36)/t26-,27-/m0/s1. The first-order valence-corrected chi connectivity index (χ1v) is 13.6. The Hall–Kier alpha value is -3.62. The summed E-state index contributed by atoms with van der Waals surface area (Å²) in [6.45, 7) is 4.16. The SMILES string of the molecule is [B]N1CCC[C@H]1c1ncc(-c2ccc(-c3ccc(-c4cnc([C@@H]5CCCN5C)[nH]4)c4[nH]c(C)cc34)cc2)[nH]1. The molecule has 2 saturated heterocycles. The van der Waals surface area contributed by atoms with E-state index in [9.17, 15) is 0 Å². The molecule has 3 aromatic heterocycles. The summed E-state index contributed by atoms with van der Waals surface area (Å²) in [4.78, 5) is 24.4. The predicted molar refractivity (Wildman–Crippen MR) is 153 cm³/mol. The van der Waals surface area contributed by atoms with Gasteiger partial charge in [0.15, 0.2) is 7.98 Å². The second-order valence-corrected chi connectivity index (χ2v) is 10.9.